The molecule has 1 fully saturated rings. The monoisotopic (exact) mass is 197 g/mol. The lowest BCUT2D eigenvalue weighted by Gasteiger charge is -2.40. The minimum absolute atomic E-state index is 0.160. The molecular weight excluding hydrogens is 183 g/mol. The predicted molar refractivity (Wildman–Crippen MR) is 42.5 cm³/mol. The van der Waals surface area contributed by atoms with Crippen LogP contribution in [0.2, 0.25) is 0 Å². The molecular formula is C8H14F3NO. The average molecular weight is 197 g/mol. The molecule has 0 amide bonds. The summed E-state index contributed by atoms with van der Waals surface area (Å²) >= 11 is 0. The van der Waals surface area contributed by atoms with Crippen molar-refractivity contribution < 1.29 is 17.9 Å². The van der Waals surface area contributed by atoms with E-state index in [-0.39, 0.29) is 12.6 Å². The van der Waals surface area contributed by atoms with Gasteiger partial charge in [0, 0.05) is 13.1 Å². The average Bonchev–Trinajstić information content (AvgIpc) is 2.02. The number of rotatable bonds is 1. The standard InChI is InChI=1S/C8H14F3NO/c1-3-6-4-12-5-7(2,13-6)8(9,10)11/h6,12H,3-5H2,1-2H3. The summed E-state index contributed by atoms with van der Waals surface area (Å²) in [7, 11) is 0. The number of alkyl halides is 3. The van der Waals surface area contributed by atoms with Gasteiger partial charge in [-0.1, -0.05) is 6.92 Å². The van der Waals surface area contributed by atoms with E-state index in [2.05, 4.69) is 5.32 Å². The van der Waals surface area contributed by atoms with Gasteiger partial charge in [-0.3, -0.25) is 0 Å². The number of halogens is 3. The third kappa shape index (κ3) is 2.14. The van der Waals surface area contributed by atoms with Gasteiger partial charge in [-0.15, -0.1) is 0 Å². The van der Waals surface area contributed by atoms with Crippen LogP contribution in [-0.2, 0) is 4.74 Å². The van der Waals surface area contributed by atoms with Crippen LogP contribution < -0.4 is 5.32 Å². The zero-order valence-electron chi connectivity index (χ0n) is 7.74. The molecule has 1 saturated heterocycles. The van der Waals surface area contributed by atoms with Gasteiger partial charge >= 0.3 is 6.18 Å². The van der Waals surface area contributed by atoms with Gasteiger partial charge in [-0.25, -0.2) is 0 Å². The Labute approximate surface area is 75.4 Å². The first kappa shape index (κ1) is 10.8. The first-order valence-corrected chi connectivity index (χ1v) is 4.34. The molecule has 1 heterocycles. The van der Waals surface area contributed by atoms with Gasteiger partial charge in [0.1, 0.15) is 0 Å². The number of hydrogen-bond acceptors (Lipinski definition) is 2. The molecule has 0 aliphatic carbocycles. The normalized spacial score (nSPS) is 36.2. The summed E-state index contributed by atoms with van der Waals surface area (Å²) < 4.78 is 42.4. The molecule has 0 aromatic rings. The van der Waals surface area contributed by atoms with Crippen LogP contribution in [0, 0.1) is 0 Å². The highest BCUT2D eigenvalue weighted by Crippen LogP contribution is 2.35. The van der Waals surface area contributed by atoms with E-state index in [1.165, 1.54) is 0 Å². The maximum Gasteiger partial charge on any atom is 0.418 e. The SMILES string of the molecule is CCC1CNCC(C)(C(F)(F)F)O1. The Bertz CT molecular complexity index is 183. The zero-order chi connectivity index (χ0) is 10.1. The number of ether oxygens (including phenoxy) is 1. The summed E-state index contributed by atoms with van der Waals surface area (Å²) in [6, 6.07) is 0. The molecule has 0 spiro atoms. The van der Waals surface area contributed by atoms with Crippen LogP contribution in [0.3, 0.4) is 0 Å². The van der Waals surface area contributed by atoms with Crippen molar-refractivity contribution in [1.82, 2.24) is 5.32 Å². The first-order chi connectivity index (χ1) is 5.89. The maximum absolute atomic E-state index is 12.5. The van der Waals surface area contributed by atoms with Crippen molar-refractivity contribution in [2.24, 2.45) is 0 Å². The minimum Gasteiger partial charge on any atom is -0.360 e. The second-order valence-electron chi connectivity index (χ2n) is 3.51. The number of morpholine rings is 1. The smallest absolute Gasteiger partial charge is 0.360 e. The first-order valence-electron chi connectivity index (χ1n) is 4.34. The molecule has 13 heavy (non-hydrogen) atoms. The molecule has 5 heteroatoms. The van der Waals surface area contributed by atoms with Gasteiger partial charge in [0.15, 0.2) is 5.60 Å². The number of hydrogen-bond donors (Lipinski definition) is 1. The Hall–Kier alpha value is -0.290. The molecule has 0 aromatic carbocycles. The Morgan fingerprint density at radius 3 is 2.62 bits per heavy atom. The molecule has 1 rings (SSSR count). The quantitative estimate of drug-likeness (QED) is 0.690. The van der Waals surface area contributed by atoms with Crippen LogP contribution in [0.5, 0.6) is 0 Å². The molecule has 0 aromatic heterocycles. The fourth-order valence-electron chi connectivity index (χ4n) is 1.32. The topological polar surface area (TPSA) is 21.3 Å². The molecule has 0 bridgehead atoms. The highest BCUT2D eigenvalue weighted by Gasteiger charge is 2.54. The Morgan fingerprint density at radius 2 is 2.15 bits per heavy atom. The molecule has 78 valence electrons. The van der Waals surface area contributed by atoms with Gasteiger partial charge in [-0.05, 0) is 13.3 Å². The summed E-state index contributed by atoms with van der Waals surface area (Å²) in [4.78, 5) is 0. The van der Waals surface area contributed by atoms with E-state index in [0.29, 0.717) is 13.0 Å². The Morgan fingerprint density at radius 1 is 1.54 bits per heavy atom. The molecule has 1 aliphatic rings. The molecule has 2 unspecified atom stereocenters. The molecule has 2 nitrogen and oxygen atoms in total. The van der Waals surface area contributed by atoms with E-state index in [1.807, 2.05) is 6.92 Å². The van der Waals surface area contributed by atoms with Crippen molar-refractivity contribution in [3.05, 3.63) is 0 Å². The van der Waals surface area contributed by atoms with Crippen molar-refractivity contribution in [2.75, 3.05) is 13.1 Å². The van der Waals surface area contributed by atoms with E-state index >= 15 is 0 Å². The fourth-order valence-corrected chi connectivity index (χ4v) is 1.32. The summed E-state index contributed by atoms with van der Waals surface area (Å²) in [5.74, 6) is 0. The third-order valence-electron chi connectivity index (χ3n) is 2.32. The second-order valence-corrected chi connectivity index (χ2v) is 3.51. The third-order valence-corrected chi connectivity index (χ3v) is 2.32. The van der Waals surface area contributed by atoms with Gasteiger partial charge in [0.25, 0.3) is 0 Å². The van der Waals surface area contributed by atoms with Crippen molar-refractivity contribution in [3.8, 4) is 0 Å². The summed E-state index contributed by atoms with van der Waals surface area (Å²) in [5.41, 5.74) is -2.02. The van der Waals surface area contributed by atoms with Crippen LogP contribution in [0.1, 0.15) is 20.3 Å². The van der Waals surface area contributed by atoms with Crippen molar-refractivity contribution in [3.63, 3.8) is 0 Å². The van der Waals surface area contributed by atoms with E-state index < -0.39 is 11.8 Å². The number of nitrogens with one attached hydrogen (secondary N) is 1. The largest absolute Gasteiger partial charge is 0.418 e. The second kappa shape index (κ2) is 3.46. The predicted octanol–water partition coefficient (Wildman–Crippen LogP) is 1.71. The van der Waals surface area contributed by atoms with Crippen LogP contribution >= 0.6 is 0 Å². The van der Waals surface area contributed by atoms with Crippen LogP contribution in [0.15, 0.2) is 0 Å². The molecule has 1 aliphatic heterocycles. The maximum atomic E-state index is 12.5. The Kier molecular flexibility index (Phi) is 2.87. The van der Waals surface area contributed by atoms with E-state index in [0.717, 1.165) is 6.92 Å². The molecule has 1 N–H and O–H groups in total. The van der Waals surface area contributed by atoms with Gasteiger partial charge in [0.2, 0.25) is 0 Å². The zero-order valence-corrected chi connectivity index (χ0v) is 7.74. The van der Waals surface area contributed by atoms with Crippen LogP contribution in [0.4, 0.5) is 13.2 Å². The highest BCUT2D eigenvalue weighted by atomic mass is 19.4. The summed E-state index contributed by atoms with van der Waals surface area (Å²) in [6.45, 7) is 3.24. The van der Waals surface area contributed by atoms with E-state index in [1.54, 1.807) is 0 Å². The lowest BCUT2D eigenvalue weighted by molar-refractivity contribution is -0.290. The van der Waals surface area contributed by atoms with Crippen molar-refractivity contribution in [1.29, 1.82) is 0 Å². The Balaban J connectivity index is 2.68. The fraction of sp³-hybridized carbons (Fsp3) is 1.00. The molecule has 2 atom stereocenters. The van der Waals surface area contributed by atoms with Gasteiger partial charge in [-0.2, -0.15) is 13.2 Å². The van der Waals surface area contributed by atoms with Crippen LogP contribution in [0.25, 0.3) is 0 Å². The van der Waals surface area contributed by atoms with Crippen molar-refractivity contribution in [2.45, 2.75) is 38.1 Å². The minimum atomic E-state index is -4.30. The summed E-state index contributed by atoms with van der Waals surface area (Å²) in [5, 5.41) is 2.74. The summed E-state index contributed by atoms with van der Waals surface area (Å²) in [6.07, 6.45) is -4.03. The molecule has 0 radical (unpaired) electrons. The lowest BCUT2D eigenvalue weighted by Crippen LogP contribution is -2.59. The van der Waals surface area contributed by atoms with E-state index in [4.69, 9.17) is 4.74 Å². The van der Waals surface area contributed by atoms with Gasteiger partial charge in [0.05, 0.1) is 6.10 Å². The lowest BCUT2D eigenvalue weighted by atomic mass is 10.0. The van der Waals surface area contributed by atoms with Crippen LogP contribution in [-0.4, -0.2) is 31.0 Å². The van der Waals surface area contributed by atoms with Crippen molar-refractivity contribution >= 4 is 0 Å². The van der Waals surface area contributed by atoms with Gasteiger partial charge < -0.3 is 10.1 Å². The molecule has 0 saturated carbocycles. The van der Waals surface area contributed by atoms with E-state index in [9.17, 15) is 13.2 Å². The highest BCUT2D eigenvalue weighted by molar-refractivity contribution is 4.91.